The van der Waals surface area contributed by atoms with Crippen LogP contribution >= 0.6 is 0 Å². The molecule has 2 nitrogen and oxygen atoms in total. The van der Waals surface area contributed by atoms with Crippen LogP contribution in [0, 0.1) is 0 Å². The molecule has 0 amide bonds. The van der Waals surface area contributed by atoms with E-state index in [0.717, 1.165) is 24.3 Å². The third-order valence-corrected chi connectivity index (χ3v) is 2.28. The highest BCUT2D eigenvalue weighted by molar-refractivity contribution is 5.49. The molecule has 1 aliphatic heterocycles. The first-order valence-corrected chi connectivity index (χ1v) is 5.12. The van der Waals surface area contributed by atoms with Crippen molar-refractivity contribution in [2.45, 2.75) is 39.4 Å². The number of ether oxygens (including phenoxy) is 2. The number of para-hydroxylation sites is 1. The van der Waals surface area contributed by atoms with Crippen molar-refractivity contribution >= 4 is 0 Å². The van der Waals surface area contributed by atoms with E-state index >= 15 is 0 Å². The Hall–Kier alpha value is -1.18. The summed E-state index contributed by atoms with van der Waals surface area (Å²) in [5.41, 5.74) is 1.25. The fourth-order valence-corrected chi connectivity index (χ4v) is 1.76. The molecular weight excluding hydrogens is 176 g/mol. The van der Waals surface area contributed by atoms with Gasteiger partial charge in [-0.25, -0.2) is 0 Å². The molecule has 1 aromatic carbocycles. The maximum absolute atomic E-state index is 5.76. The predicted octanol–water partition coefficient (Wildman–Crippen LogP) is 3.15. The highest BCUT2D eigenvalue weighted by atomic mass is 16.7. The number of benzene rings is 1. The van der Waals surface area contributed by atoms with Gasteiger partial charge in [-0.3, -0.25) is 0 Å². The molecule has 0 bridgehead atoms. The minimum absolute atomic E-state index is 0.508. The van der Waals surface area contributed by atoms with Gasteiger partial charge < -0.3 is 9.47 Å². The summed E-state index contributed by atoms with van der Waals surface area (Å²) < 4.78 is 11.4. The van der Waals surface area contributed by atoms with Gasteiger partial charge in [0.15, 0.2) is 11.5 Å². The van der Waals surface area contributed by atoms with Gasteiger partial charge in [-0.15, -0.1) is 0 Å². The molecule has 0 unspecified atom stereocenters. The molecule has 1 aromatic rings. The molecule has 0 saturated heterocycles. The first-order chi connectivity index (χ1) is 6.62. The van der Waals surface area contributed by atoms with Gasteiger partial charge in [0, 0.05) is 13.8 Å². The topological polar surface area (TPSA) is 18.5 Å². The molecule has 0 aliphatic carbocycles. The highest BCUT2D eigenvalue weighted by Crippen LogP contribution is 2.41. The fourth-order valence-electron chi connectivity index (χ4n) is 1.76. The Kier molecular flexibility index (Phi) is 2.14. The molecule has 2 rings (SSSR count). The lowest BCUT2D eigenvalue weighted by atomic mass is 10.1. The summed E-state index contributed by atoms with van der Waals surface area (Å²) in [6.07, 6.45) is 2.17. The maximum Gasteiger partial charge on any atom is 0.246 e. The van der Waals surface area contributed by atoms with Crippen molar-refractivity contribution in [1.29, 1.82) is 0 Å². The summed E-state index contributed by atoms with van der Waals surface area (Å²) in [5.74, 6) is 1.30. The van der Waals surface area contributed by atoms with Crippen molar-refractivity contribution < 1.29 is 9.47 Å². The average molecular weight is 192 g/mol. The summed E-state index contributed by atoms with van der Waals surface area (Å²) in [6, 6.07) is 6.09. The predicted molar refractivity (Wildman–Crippen MR) is 55.8 cm³/mol. The molecule has 0 aromatic heterocycles. The Balaban J connectivity index is 2.36. The Morgan fingerprint density at radius 3 is 2.71 bits per heavy atom. The molecule has 0 radical (unpaired) electrons. The normalized spacial score (nSPS) is 17.1. The quantitative estimate of drug-likeness (QED) is 0.716. The molecule has 0 saturated carbocycles. The molecule has 0 atom stereocenters. The van der Waals surface area contributed by atoms with Gasteiger partial charge in [0.1, 0.15) is 0 Å². The summed E-state index contributed by atoms with van der Waals surface area (Å²) in [6.45, 7) is 6.03. The highest BCUT2D eigenvalue weighted by Gasteiger charge is 2.32. The molecule has 1 aliphatic rings. The first-order valence-electron chi connectivity index (χ1n) is 5.12. The minimum Gasteiger partial charge on any atom is -0.449 e. The summed E-state index contributed by atoms with van der Waals surface area (Å²) in [7, 11) is 0. The van der Waals surface area contributed by atoms with E-state index in [4.69, 9.17) is 9.47 Å². The lowest BCUT2D eigenvalue weighted by molar-refractivity contribution is -0.0435. The van der Waals surface area contributed by atoms with Crippen LogP contribution in [0.15, 0.2) is 18.2 Å². The van der Waals surface area contributed by atoms with Crippen LogP contribution in [0.3, 0.4) is 0 Å². The van der Waals surface area contributed by atoms with E-state index < -0.39 is 5.79 Å². The van der Waals surface area contributed by atoms with Crippen molar-refractivity contribution in [3.05, 3.63) is 23.8 Å². The largest absolute Gasteiger partial charge is 0.449 e. The van der Waals surface area contributed by atoms with E-state index in [0.29, 0.717) is 0 Å². The van der Waals surface area contributed by atoms with Crippen LogP contribution in [0.4, 0.5) is 0 Å². The zero-order valence-corrected chi connectivity index (χ0v) is 8.96. The summed E-state index contributed by atoms with van der Waals surface area (Å²) in [4.78, 5) is 0. The van der Waals surface area contributed by atoms with E-state index in [2.05, 4.69) is 13.0 Å². The molecular formula is C12H16O2. The maximum atomic E-state index is 5.76. The molecule has 1 heterocycles. The van der Waals surface area contributed by atoms with Crippen LogP contribution in [-0.4, -0.2) is 5.79 Å². The Morgan fingerprint density at radius 1 is 1.21 bits per heavy atom. The number of rotatable bonds is 2. The van der Waals surface area contributed by atoms with Gasteiger partial charge in [-0.1, -0.05) is 25.5 Å². The molecule has 14 heavy (non-hydrogen) atoms. The van der Waals surface area contributed by atoms with Gasteiger partial charge in [0.2, 0.25) is 5.79 Å². The van der Waals surface area contributed by atoms with E-state index in [-0.39, 0.29) is 0 Å². The summed E-state index contributed by atoms with van der Waals surface area (Å²) in [5, 5.41) is 0. The number of fused-ring (bicyclic) bond motifs is 1. The second-order valence-corrected chi connectivity index (χ2v) is 4.10. The second-order valence-electron chi connectivity index (χ2n) is 4.10. The first kappa shape index (κ1) is 9.38. The Labute approximate surface area is 84.8 Å². The molecule has 0 N–H and O–H groups in total. The lowest BCUT2D eigenvalue weighted by Gasteiger charge is -2.16. The molecule has 0 fully saturated rings. The Morgan fingerprint density at radius 2 is 2.00 bits per heavy atom. The van der Waals surface area contributed by atoms with Gasteiger partial charge >= 0.3 is 0 Å². The van der Waals surface area contributed by atoms with Crippen molar-refractivity contribution in [3.63, 3.8) is 0 Å². The van der Waals surface area contributed by atoms with Crippen LogP contribution in [-0.2, 0) is 6.42 Å². The van der Waals surface area contributed by atoms with Crippen molar-refractivity contribution in [1.82, 2.24) is 0 Å². The van der Waals surface area contributed by atoms with Crippen LogP contribution in [0.1, 0.15) is 32.8 Å². The zero-order chi connectivity index (χ0) is 10.2. The van der Waals surface area contributed by atoms with E-state index in [1.165, 1.54) is 5.56 Å². The van der Waals surface area contributed by atoms with Gasteiger partial charge in [0.25, 0.3) is 0 Å². The van der Waals surface area contributed by atoms with Crippen LogP contribution in [0.5, 0.6) is 11.5 Å². The number of hydrogen-bond acceptors (Lipinski definition) is 2. The summed E-state index contributed by atoms with van der Waals surface area (Å²) >= 11 is 0. The second kappa shape index (κ2) is 3.19. The fraction of sp³-hybridized carbons (Fsp3) is 0.500. The molecule has 2 heteroatoms. The number of aryl methyl sites for hydroxylation is 1. The average Bonchev–Trinajstić information content (AvgIpc) is 2.41. The Bertz CT molecular complexity index is 342. The molecule has 76 valence electrons. The van der Waals surface area contributed by atoms with Gasteiger partial charge in [-0.05, 0) is 18.1 Å². The third-order valence-electron chi connectivity index (χ3n) is 2.28. The van der Waals surface area contributed by atoms with Crippen LogP contribution in [0.2, 0.25) is 0 Å². The van der Waals surface area contributed by atoms with Crippen LogP contribution in [0.25, 0.3) is 0 Å². The monoisotopic (exact) mass is 192 g/mol. The smallest absolute Gasteiger partial charge is 0.246 e. The van der Waals surface area contributed by atoms with Crippen molar-refractivity contribution in [2.24, 2.45) is 0 Å². The van der Waals surface area contributed by atoms with Crippen molar-refractivity contribution in [3.8, 4) is 11.5 Å². The number of hydrogen-bond donors (Lipinski definition) is 0. The van der Waals surface area contributed by atoms with E-state index in [9.17, 15) is 0 Å². The SMILES string of the molecule is CCCc1cccc2c1OC(C)(C)O2. The minimum atomic E-state index is -0.508. The van der Waals surface area contributed by atoms with Gasteiger partial charge in [0.05, 0.1) is 0 Å². The van der Waals surface area contributed by atoms with E-state index in [1.807, 2.05) is 26.0 Å². The van der Waals surface area contributed by atoms with Gasteiger partial charge in [-0.2, -0.15) is 0 Å². The van der Waals surface area contributed by atoms with Crippen LogP contribution < -0.4 is 9.47 Å². The van der Waals surface area contributed by atoms with Crippen molar-refractivity contribution in [2.75, 3.05) is 0 Å². The van der Waals surface area contributed by atoms with E-state index in [1.54, 1.807) is 0 Å². The lowest BCUT2D eigenvalue weighted by Crippen LogP contribution is -2.29. The zero-order valence-electron chi connectivity index (χ0n) is 8.96. The molecule has 0 spiro atoms. The standard InChI is InChI=1S/C12H16O2/c1-4-6-9-7-5-8-10-11(9)14-12(2,3)13-10/h5,7-8H,4,6H2,1-3H3. The third kappa shape index (κ3) is 1.57.